The van der Waals surface area contributed by atoms with E-state index in [1.54, 1.807) is 14.1 Å². The molecule has 0 atom stereocenters. The second-order valence-corrected chi connectivity index (χ2v) is 4.37. The van der Waals surface area contributed by atoms with Crippen LogP contribution >= 0.6 is 0 Å². The van der Waals surface area contributed by atoms with Gasteiger partial charge >= 0.3 is 12.1 Å². The lowest BCUT2D eigenvalue weighted by molar-refractivity contribution is -0.139. The van der Waals surface area contributed by atoms with Gasteiger partial charge < -0.3 is 20.1 Å². The Morgan fingerprint density at radius 1 is 1.09 bits per heavy atom. The average Bonchev–Trinajstić information content (AvgIpc) is 2.56. The van der Waals surface area contributed by atoms with E-state index in [1.165, 1.54) is 14.0 Å². The Bertz CT molecular complexity index is 570. The smallest absolute Gasteiger partial charge is 0.416 e. The molecule has 1 aromatic rings. The van der Waals surface area contributed by atoms with Crippen molar-refractivity contribution < 1.29 is 19.1 Å². The third-order valence-electron chi connectivity index (χ3n) is 2.54. The number of nitrogens with zero attached hydrogens (tertiary/aromatic N) is 4. The molecule has 0 aromatic carbocycles. The van der Waals surface area contributed by atoms with Gasteiger partial charge in [0.05, 0.1) is 0 Å². The molecule has 23 heavy (non-hydrogen) atoms. The molecule has 0 aliphatic heterocycles. The Morgan fingerprint density at radius 3 is 2.09 bits per heavy atom. The first-order chi connectivity index (χ1) is 10.9. The predicted molar refractivity (Wildman–Crippen MR) is 84.4 cm³/mol. The van der Waals surface area contributed by atoms with Crippen molar-refractivity contribution in [1.29, 1.82) is 0 Å². The van der Waals surface area contributed by atoms with Gasteiger partial charge in [-0.1, -0.05) is 6.58 Å². The number of ether oxygens (including phenoxy) is 2. The number of rotatable bonds is 7. The molecule has 0 fully saturated rings. The molecule has 0 saturated heterocycles. The first-order valence-electron chi connectivity index (χ1n) is 6.73. The fourth-order valence-corrected chi connectivity index (χ4v) is 1.30. The number of aromatic nitrogens is 3. The molecular formula is C13H20N6O4. The molecule has 10 nitrogen and oxygen atoms in total. The molecule has 0 aliphatic carbocycles. The number of hydrogen-bond acceptors (Lipinski definition) is 9. The van der Waals surface area contributed by atoms with Gasteiger partial charge in [-0.3, -0.25) is 0 Å². The van der Waals surface area contributed by atoms with E-state index in [0.717, 1.165) is 4.90 Å². The highest BCUT2D eigenvalue weighted by Gasteiger charge is 2.17. The van der Waals surface area contributed by atoms with Crippen molar-refractivity contribution in [2.45, 2.75) is 6.92 Å². The Kier molecular flexibility index (Phi) is 6.71. The molecule has 0 spiro atoms. The van der Waals surface area contributed by atoms with Crippen LogP contribution in [0.3, 0.4) is 0 Å². The minimum absolute atomic E-state index is 0.0635. The van der Waals surface area contributed by atoms with Gasteiger partial charge in [-0.15, -0.1) is 0 Å². The van der Waals surface area contributed by atoms with Gasteiger partial charge in [-0.05, 0) is 6.92 Å². The average molecular weight is 324 g/mol. The van der Waals surface area contributed by atoms with E-state index in [-0.39, 0.29) is 24.7 Å². The molecule has 0 bridgehead atoms. The largest absolute Gasteiger partial charge is 0.459 e. The second-order valence-electron chi connectivity index (χ2n) is 4.37. The standard InChI is InChI=1S/C13H20N6O4/c1-8(2)9(20)22-6-7-23-13(21)19(5)12-17-10(14-3)16-11(15-4)18-12/h1,6-7H2,2-5H3,(H2,14,15,16,17,18). The highest BCUT2D eigenvalue weighted by Crippen LogP contribution is 2.12. The van der Waals surface area contributed by atoms with Crippen molar-refractivity contribution in [3.8, 4) is 0 Å². The van der Waals surface area contributed by atoms with Crippen LogP contribution in [0.5, 0.6) is 0 Å². The fourth-order valence-electron chi connectivity index (χ4n) is 1.30. The first-order valence-corrected chi connectivity index (χ1v) is 6.73. The summed E-state index contributed by atoms with van der Waals surface area (Å²) in [5.41, 5.74) is 0.276. The minimum Gasteiger partial charge on any atom is -0.459 e. The summed E-state index contributed by atoms with van der Waals surface area (Å²) in [6, 6.07) is 0. The third-order valence-corrected chi connectivity index (χ3v) is 2.54. The Labute approximate surface area is 133 Å². The van der Waals surface area contributed by atoms with Crippen molar-refractivity contribution in [1.82, 2.24) is 15.0 Å². The maximum absolute atomic E-state index is 11.9. The highest BCUT2D eigenvalue weighted by molar-refractivity contribution is 5.87. The number of esters is 1. The topological polar surface area (TPSA) is 119 Å². The molecule has 0 radical (unpaired) electrons. The molecule has 0 saturated carbocycles. The molecule has 10 heteroatoms. The van der Waals surface area contributed by atoms with Crippen LogP contribution in [-0.2, 0) is 14.3 Å². The molecule has 2 N–H and O–H groups in total. The van der Waals surface area contributed by atoms with Crippen LogP contribution < -0.4 is 15.5 Å². The maximum atomic E-state index is 11.9. The Morgan fingerprint density at radius 2 is 1.61 bits per heavy atom. The lowest BCUT2D eigenvalue weighted by atomic mass is 10.4. The van der Waals surface area contributed by atoms with Crippen molar-refractivity contribution in [3.63, 3.8) is 0 Å². The van der Waals surface area contributed by atoms with E-state index in [2.05, 4.69) is 32.2 Å². The summed E-state index contributed by atoms with van der Waals surface area (Å²) in [6.45, 7) is 4.82. The molecule has 0 aliphatic rings. The summed E-state index contributed by atoms with van der Waals surface area (Å²) in [5.74, 6) is 0.172. The van der Waals surface area contributed by atoms with Crippen LogP contribution in [0.25, 0.3) is 0 Å². The number of carbonyl (C=O) groups is 2. The van der Waals surface area contributed by atoms with E-state index in [4.69, 9.17) is 9.47 Å². The quantitative estimate of drug-likeness (QED) is 0.423. The summed E-state index contributed by atoms with van der Waals surface area (Å²) in [7, 11) is 4.75. The zero-order chi connectivity index (χ0) is 17.4. The van der Waals surface area contributed by atoms with Gasteiger partial charge in [-0.25, -0.2) is 14.5 Å². The van der Waals surface area contributed by atoms with Gasteiger partial charge in [0.1, 0.15) is 13.2 Å². The van der Waals surface area contributed by atoms with E-state index in [9.17, 15) is 9.59 Å². The SMILES string of the molecule is C=C(C)C(=O)OCCOC(=O)N(C)c1nc(NC)nc(NC)n1. The summed E-state index contributed by atoms with van der Waals surface area (Å²) in [6.07, 6.45) is -0.688. The highest BCUT2D eigenvalue weighted by atomic mass is 16.6. The van der Waals surface area contributed by atoms with Gasteiger partial charge in [0.25, 0.3) is 0 Å². The summed E-state index contributed by atoms with van der Waals surface area (Å²) in [4.78, 5) is 36.4. The van der Waals surface area contributed by atoms with E-state index in [1.807, 2.05) is 0 Å². The van der Waals surface area contributed by atoms with Gasteiger partial charge in [-0.2, -0.15) is 15.0 Å². The third kappa shape index (κ3) is 5.41. The Balaban J connectivity index is 2.59. The molecule has 126 valence electrons. The number of anilines is 3. The van der Waals surface area contributed by atoms with Crippen LogP contribution in [0.2, 0.25) is 0 Å². The van der Waals surface area contributed by atoms with Crippen LogP contribution in [0.4, 0.5) is 22.6 Å². The predicted octanol–water partition coefficient (Wildman–Crippen LogP) is 0.647. The molecular weight excluding hydrogens is 304 g/mol. The number of nitrogens with one attached hydrogen (secondary N) is 2. The van der Waals surface area contributed by atoms with Crippen molar-refractivity contribution in [2.75, 3.05) is 49.9 Å². The summed E-state index contributed by atoms with van der Waals surface area (Å²) < 4.78 is 9.79. The maximum Gasteiger partial charge on any atom is 0.416 e. The Hall–Kier alpha value is -2.91. The van der Waals surface area contributed by atoms with Crippen LogP contribution in [0, 0.1) is 0 Å². The number of amides is 1. The summed E-state index contributed by atoms with van der Waals surface area (Å²) >= 11 is 0. The van der Waals surface area contributed by atoms with Crippen molar-refractivity contribution in [3.05, 3.63) is 12.2 Å². The van der Waals surface area contributed by atoms with Gasteiger partial charge in [0.15, 0.2) is 0 Å². The van der Waals surface area contributed by atoms with Gasteiger partial charge in [0.2, 0.25) is 17.8 Å². The van der Waals surface area contributed by atoms with E-state index >= 15 is 0 Å². The molecule has 0 unspecified atom stereocenters. The summed E-state index contributed by atoms with van der Waals surface area (Å²) in [5, 5.41) is 5.53. The molecule has 1 amide bonds. The minimum atomic E-state index is -0.688. The van der Waals surface area contributed by atoms with Crippen molar-refractivity contribution in [2.24, 2.45) is 0 Å². The molecule has 1 rings (SSSR count). The van der Waals surface area contributed by atoms with E-state index < -0.39 is 12.1 Å². The molecule has 1 aromatic heterocycles. The molecule has 1 heterocycles. The van der Waals surface area contributed by atoms with Crippen LogP contribution in [0.1, 0.15) is 6.92 Å². The first kappa shape index (κ1) is 18.1. The van der Waals surface area contributed by atoms with Crippen LogP contribution in [-0.4, -0.2) is 61.4 Å². The number of hydrogen-bond donors (Lipinski definition) is 2. The monoisotopic (exact) mass is 324 g/mol. The fraction of sp³-hybridized carbons (Fsp3) is 0.462. The second kappa shape index (κ2) is 8.51. The van der Waals surface area contributed by atoms with E-state index in [0.29, 0.717) is 11.9 Å². The van der Waals surface area contributed by atoms with Crippen molar-refractivity contribution >= 4 is 29.9 Å². The zero-order valence-corrected chi connectivity index (χ0v) is 13.5. The zero-order valence-electron chi connectivity index (χ0n) is 13.5. The lowest BCUT2D eigenvalue weighted by Crippen LogP contribution is -2.30. The van der Waals surface area contributed by atoms with Crippen LogP contribution in [0.15, 0.2) is 12.2 Å². The lowest BCUT2D eigenvalue weighted by Gasteiger charge is -2.16. The number of carbonyl (C=O) groups excluding carboxylic acids is 2. The normalized spacial score (nSPS) is 9.74. The van der Waals surface area contributed by atoms with Gasteiger partial charge in [0, 0.05) is 26.7 Å².